The molecule has 0 rings (SSSR count). The third kappa shape index (κ3) is 66.6. The molecule has 0 N–H and O–H groups in total. The molecule has 0 aromatic heterocycles. The summed E-state index contributed by atoms with van der Waals surface area (Å²) in [5.41, 5.74) is 0. The van der Waals surface area contributed by atoms with Gasteiger partial charge >= 0.3 is 17.9 Å². The molecule has 0 saturated heterocycles. The Morgan fingerprint density at radius 3 is 0.633 bits per heavy atom. The molecule has 1 atom stereocenters. The molecule has 0 aromatic rings. The van der Waals surface area contributed by atoms with Gasteiger partial charge in [0.25, 0.3) is 0 Å². The Bertz CT molecular complexity index is 1270. The second-order valence-corrected chi connectivity index (χ2v) is 24.5. The van der Waals surface area contributed by atoms with E-state index in [1.807, 2.05) is 0 Å². The Hall–Kier alpha value is -2.11. The number of ether oxygens (including phenoxy) is 3. The van der Waals surface area contributed by atoms with Gasteiger partial charge in [-0.3, -0.25) is 14.4 Å². The van der Waals surface area contributed by atoms with E-state index in [0.717, 1.165) is 57.8 Å². The average Bonchev–Trinajstić information content (AvgIpc) is 3.45. The zero-order valence-corrected chi connectivity index (χ0v) is 53.7. The fourth-order valence-electron chi connectivity index (χ4n) is 11.0. The average molecular weight is 1110 g/mol. The van der Waals surface area contributed by atoms with Gasteiger partial charge in [0.15, 0.2) is 6.10 Å². The number of hydrogen-bond donors (Lipinski definition) is 0. The van der Waals surface area contributed by atoms with E-state index in [4.69, 9.17) is 14.2 Å². The Morgan fingerprint density at radius 1 is 0.241 bits per heavy atom. The highest BCUT2D eigenvalue weighted by atomic mass is 16.6. The van der Waals surface area contributed by atoms with Crippen molar-refractivity contribution in [3.05, 3.63) is 24.3 Å². The van der Waals surface area contributed by atoms with Crippen LogP contribution in [0.3, 0.4) is 0 Å². The molecule has 0 amide bonds. The van der Waals surface area contributed by atoms with Crippen LogP contribution in [0.1, 0.15) is 406 Å². The van der Waals surface area contributed by atoms with Crippen LogP contribution in [0.4, 0.5) is 0 Å². The van der Waals surface area contributed by atoms with E-state index in [0.29, 0.717) is 19.3 Å². The molecule has 466 valence electrons. The van der Waals surface area contributed by atoms with Crippen molar-refractivity contribution in [3.63, 3.8) is 0 Å². The number of carbonyl (C=O) groups is 3. The molecule has 0 aromatic carbocycles. The van der Waals surface area contributed by atoms with Crippen LogP contribution in [0, 0.1) is 0 Å². The van der Waals surface area contributed by atoms with Gasteiger partial charge in [-0.25, -0.2) is 0 Å². The third-order valence-corrected chi connectivity index (χ3v) is 16.4. The number of hydrogen-bond acceptors (Lipinski definition) is 6. The van der Waals surface area contributed by atoms with Crippen molar-refractivity contribution in [1.82, 2.24) is 0 Å². The van der Waals surface area contributed by atoms with Crippen LogP contribution in [0.25, 0.3) is 0 Å². The van der Waals surface area contributed by atoms with Crippen molar-refractivity contribution in [2.24, 2.45) is 0 Å². The lowest BCUT2D eigenvalue weighted by Crippen LogP contribution is -2.30. The normalized spacial score (nSPS) is 12.1. The molecule has 0 saturated carbocycles. The molecule has 79 heavy (non-hydrogen) atoms. The topological polar surface area (TPSA) is 78.9 Å². The first-order valence-corrected chi connectivity index (χ1v) is 35.8. The predicted molar refractivity (Wildman–Crippen MR) is 344 cm³/mol. The summed E-state index contributed by atoms with van der Waals surface area (Å²) in [6, 6.07) is 0. The van der Waals surface area contributed by atoms with Crippen LogP contribution >= 0.6 is 0 Å². The van der Waals surface area contributed by atoms with E-state index in [2.05, 4.69) is 45.1 Å². The first-order valence-electron chi connectivity index (χ1n) is 35.8. The highest BCUT2D eigenvalue weighted by molar-refractivity contribution is 5.71. The number of unbranched alkanes of at least 4 members (excludes halogenated alkanes) is 52. The van der Waals surface area contributed by atoms with E-state index in [-0.39, 0.29) is 31.1 Å². The summed E-state index contributed by atoms with van der Waals surface area (Å²) in [5, 5.41) is 0. The molecule has 6 nitrogen and oxygen atoms in total. The summed E-state index contributed by atoms with van der Waals surface area (Å²) in [7, 11) is 0. The highest BCUT2D eigenvalue weighted by Crippen LogP contribution is 2.19. The van der Waals surface area contributed by atoms with Gasteiger partial charge < -0.3 is 14.2 Å². The number of rotatable bonds is 67. The van der Waals surface area contributed by atoms with Crippen molar-refractivity contribution < 1.29 is 28.6 Å². The van der Waals surface area contributed by atoms with Gasteiger partial charge in [0.1, 0.15) is 13.2 Å². The predicted octanol–water partition coefficient (Wildman–Crippen LogP) is 24.6. The lowest BCUT2D eigenvalue weighted by Gasteiger charge is -2.18. The maximum Gasteiger partial charge on any atom is 0.306 e. The van der Waals surface area contributed by atoms with Crippen molar-refractivity contribution in [2.45, 2.75) is 412 Å². The largest absolute Gasteiger partial charge is 0.462 e. The second-order valence-electron chi connectivity index (χ2n) is 24.5. The zero-order valence-electron chi connectivity index (χ0n) is 53.7. The molecule has 0 spiro atoms. The molecule has 0 bridgehead atoms. The van der Waals surface area contributed by atoms with Crippen molar-refractivity contribution >= 4 is 17.9 Å². The van der Waals surface area contributed by atoms with Gasteiger partial charge in [-0.05, 0) is 70.6 Å². The molecule has 0 unspecified atom stereocenters. The van der Waals surface area contributed by atoms with Crippen LogP contribution in [0.5, 0.6) is 0 Å². The molecule has 0 aliphatic rings. The minimum absolute atomic E-state index is 0.0661. The van der Waals surface area contributed by atoms with E-state index in [1.54, 1.807) is 0 Å². The first-order chi connectivity index (χ1) is 39.0. The monoisotopic (exact) mass is 1110 g/mol. The Balaban J connectivity index is 4.30. The number of allylic oxidation sites excluding steroid dienone is 4. The van der Waals surface area contributed by atoms with Crippen LogP contribution < -0.4 is 0 Å². The molecule has 0 aliphatic carbocycles. The summed E-state index contributed by atoms with van der Waals surface area (Å²) < 4.78 is 17.0. The molecule has 0 heterocycles. The number of carbonyl (C=O) groups excluding carboxylic acids is 3. The van der Waals surface area contributed by atoms with Gasteiger partial charge in [0.2, 0.25) is 0 Å². The summed E-state index contributed by atoms with van der Waals surface area (Å²) in [6.07, 6.45) is 83.4. The first kappa shape index (κ1) is 76.9. The fourth-order valence-corrected chi connectivity index (χ4v) is 11.0. The highest BCUT2D eigenvalue weighted by Gasteiger charge is 2.19. The van der Waals surface area contributed by atoms with Gasteiger partial charge in [-0.2, -0.15) is 0 Å². The number of esters is 3. The Kier molecular flexibility index (Phi) is 66.6. The van der Waals surface area contributed by atoms with Crippen molar-refractivity contribution in [1.29, 1.82) is 0 Å². The quantitative estimate of drug-likeness (QED) is 0.0261. The second kappa shape index (κ2) is 68.4. The third-order valence-electron chi connectivity index (χ3n) is 16.4. The van der Waals surface area contributed by atoms with Crippen molar-refractivity contribution in [2.75, 3.05) is 13.2 Å². The van der Waals surface area contributed by atoms with Gasteiger partial charge in [-0.15, -0.1) is 0 Å². The fraction of sp³-hybridized carbons (Fsp3) is 0.904. The zero-order chi connectivity index (χ0) is 57.1. The van der Waals surface area contributed by atoms with Crippen LogP contribution in [-0.2, 0) is 28.6 Å². The van der Waals surface area contributed by atoms with Gasteiger partial charge in [0, 0.05) is 19.3 Å². The summed E-state index contributed by atoms with van der Waals surface area (Å²) in [6.45, 7) is 6.72. The summed E-state index contributed by atoms with van der Waals surface area (Å²) in [4.78, 5) is 38.5. The van der Waals surface area contributed by atoms with Crippen LogP contribution in [-0.4, -0.2) is 37.2 Å². The Morgan fingerprint density at radius 2 is 0.418 bits per heavy atom. The lowest BCUT2D eigenvalue weighted by molar-refractivity contribution is -0.167. The molecular weight excluding hydrogens is 973 g/mol. The minimum Gasteiger partial charge on any atom is -0.462 e. The maximum atomic E-state index is 13.0. The van der Waals surface area contributed by atoms with E-state index in [9.17, 15) is 14.4 Å². The minimum atomic E-state index is -0.771. The smallest absolute Gasteiger partial charge is 0.306 e. The standard InChI is InChI=1S/C73H138O6/c1-4-7-10-13-16-19-22-25-28-31-34-36-39-42-45-48-51-54-57-60-63-66-72(75)78-69-70(68-77-71(74)65-62-59-56-53-50-47-44-41-38-33-30-27-24-21-18-15-12-9-6-3)79-73(76)67-64-61-58-55-52-49-46-43-40-37-35-32-29-26-23-20-17-14-11-8-5-2/h26-27,29-30,70H,4-25,28,31-69H2,1-3H3/b29-26-,30-27-/t70-/m1/s1. The molecule has 0 aliphatic heterocycles. The van der Waals surface area contributed by atoms with Crippen LogP contribution in [0.2, 0.25) is 0 Å². The van der Waals surface area contributed by atoms with Crippen LogP contribution in [0.15, 0.2) is 24.3 Å². The van der Waals surface area contributed by atoms with Crippen molar-refractivity contribution in [3.8, 4) is 0 Å². The lowest BCUT2D eigenvalue weighted by atomic mass is 10.0. The SMILES string of the molecule is CCCCCCCC/C=C\CCCCCCCCCCCCCC(=O)O[C@H](COC(=O)CCCCCCCCCCC/C=C\CCCCCCCC)COC(=O)CCCCCCCCCCCCCCCCCCCCCCC. The molecular formula is C73H138O6. The van der Waals surface area contributed by atoms with Gasteiger partial charge in [-0.1, -0.05) is 340 Å². The summed E-state index contributed by atoms with van der Waals surface area (Å²) >= 11 is 0. The van der Waals surface area contributed by atoms with E-state index < -0.39 is 6.10 Å². The summed E-state index contributed by atoms with van der Waals surface area (Å²) in [5.74, 6) is -0.835. The van der Waals surface area contributed by atoms with E-state index >= 15 is 0 Å². The molecule has 0 fully saturated rings. The Labute approximate surface area is 493 Å². The maximum absolute atomic E-state index is 13.0. The molecule has 0 radical (unpaired) electrons. The van der Waals surface area contributed by atoms with E-state index in [1.165, 1.54) is 308 Å². The van der Waals surface area contributed by atoms with Gasteiger partial charge in [0.05, 0.1) is 0 Å². The molecule has 6 heteroatoms.